The first-order valence-electron chi connectivity index (χ1n) is 10.4. The van der Waals surface area contributed by atoms with E-state index in [0.29, 0.717) is 28.2 Å². The van der Waals surface area contributed by atoms with Gasteiger partial charge in [0.15, 0.2) is 12.4 Å². The molecule has 0 atom stereocenters. The highest BCUT2D eigenvalue weighted by molar-refractivity contribution is 6.42. The molecule has 33 heavy (non-hydrogen) atoms. The first kappa shape index (κ1) is 22.9. The van der Waals surface area contributed by atoms with Gasteiger partial charge in [0.2, 0.25) is 0 Å². The van der Waals surface area contributed by atoms with Crippen molar-refractivity contribution in [3.8, 4) is 5.75 Å². The van der Waals surface area contributed by atoms with Crippen molar-refractivity contribution in [3.05, 3.63) is 94.0 Å². The molecule has 0 bridgehead atoms. The maximum Gasteiger partial charge on any atom is 0.276 e. The summed E-state index contributed by atoms with van der Waals surface area (Å²) in [5, 5.41) is 12.4. The summed E-state index contributed by atoms with van der Waals surface area (Å²) in [6.45, 7) is 4.99. The molecule has 0 spiro atoms. The fraction of sp³-hybridized carbons (Fsp3) is 0.208. The summed E-state index contributed by atoms with van der Waals surface area (Å²) in [5.74, 6) is 0.883. The van der Waals surface area contributed by atoms with Gasteiger partial charge < -0.3 is 10.1 Å². The number of halogens is 2. The minimum atomic E-state index is -0.330. The van der Waals surface area contributed by atoms with Gasteiger partial charge in [-0.15, -0.1) is 0 Å². The van der Waals surface area contributed by atoms with Crippen LogP contribution in [0.5, 0.6) is 5.75 Å². The van der Waals surface area contributed by atoms with Gasteiger partial charge in [-0.1, -0.05) is 55.2 Å². The first-order valence-corrected chi connectivity index (χ1v) is 11.2. The lowest BCUT2D eigenvalue weighted by atomic mass is 10.0. The zero-order valence-electron chi connectivity index (χ0n) is 18.2. The normalized spacial score (nSPS) is 11.1. The van der Waals surface area contributed by atoms with E-state index in [-0.39, 0.29) is 18.3 Å². The van der Waals surface area contributed by atoms with Crippen molar-refractivity contribution in [2.45, 2.75) is 33.0 Å². The summed E-state index contributed by atoms with van der Waals surface area (Å²) < 4.78 is 9.02. The van der Waals surface area contributed by atoms with Gasteiger partial charge >= 0.3 is 0 Å². The minimum absolute atomic E-state index is 0.204. The molecule has 0 fully saturated rings. The molecule has 170 valence electrons. The topological polar surface area (TPSA) is 74.0 Å². The number of hydrogen-bond acceptors (Lipinski definition) is 4. The number of carbonyl (C=O) groups excluding carboxylic acids is 1. The second-order valence-corrected chi connectivity index (χ2v) is 8.68. The van der Waals surface area contributed by atoms with Crippen LogP contribution in [-0.2, 0) is 13.3 Å². The average molecular weight is 484 g/mol. The Morgan fingerprint density at radius 3 is 2.58 bits per heavy atom. The Hall–Kier alpha value is -3.29. The van der Waals surface area contributed by atoms with Crippen LogP contribution in [-0.4, -0.2) is 25.5 Å². The maximum absolute atomic E-state index is 12.6. The molecule has 0 aliphatic rings. The quantitative estimate of drug-likeness (QED) is 0.341. The summed E-state index contributed by atoms with van der Waals surface area (Å²) in [5.41, 5.74) is 3.05. The zero-order valence-corrected chi connectivity index (χ0v) is 19.7. The van der Waals surface area contributed by atoms with E-state index in [1.807, 2.05) is 30.3 Å². The number of aromatic nitrogens is 4. The van der Waals surface area contributed by atoms with Crippen LogP contribution in [0, 0.1) is 0 Å². The van der Waals surface area contributed by atoms with Gasteiger partial charge in [0, 0.05) is 12.4 Å². The molecule has 0 aliphatic heterocycles. The number of ether oxygens (including phenoxy) is 1. The number of nitrogens with one attached hydrogen (secondary N) is 1. The number of anilines is 1. The van der Waals surface area contributed by atoms with Gasteiger partial charge in [-0.2, -0.15) is 10.2 Å². The monoisotopic (exact) mass is 483 g/mol. The highest BCUT2D eigenvalue weighted by Gasteiger charge is 2.12. The third-order valence-corrected chi connectivity index (χ3v) is 5.74. The summed E-state index contributed by atoms with van der Waals surface area (Å²) in [4.78, 5) is 12.6. The summed E-state index contributed by atoms with van der Waals surface area (Å²) in [7, 11) is 0. The van der Waals surface area contributed by atoms with Crippen LogP contribution in [0.1, 0.15) is 41.4 Å². The molecule has 4 aromatic rings. The summed E-state index contributed by atoms with van der Waals surface area (Å²) >= 11 is 12.0. The van der Waals surface area contributed by atoms with Crippen molar-refractivity contribution in [1.29, 1.82) is 0 Å². The largest absolute Gasteiger partial charge is 0.471 e. The SMILES string of the molecule is CC(C)c1ccc(OCn2ccc(C(=O)Nc3cnn(Cc4ccc(Cl)c(Cl)c4)c3)n2)cc1. The molecule has 7 nitrogen and oxygen atoms in total. The van der Waals surface area contributed by atoms with Crippen LogP contribution in [0.3, 0.4) is 0 Å². The van der Waals surface area contributed by atoms with Crippen LogP contribution in [0.15, 0.2) is 67.1 Å². The summed E-state index contributed by atoms with van der Waals surface area (Å²) in [6, 6.07) is 15.0. The predicted molar refractivity (Wildman–Crippen MR) is 129 cm³/mol. The molecule has 0 saturated carbocycles. The van der Waals surface area contributed by atoms with Gasteiger partial charge in [-0.05, 0) is 47.4 Å². The molecule has 0 radical (unpaired) electrons. The van der Waals surface area contributed by atoms with E-state index in [9.17, 15) is 4.79 Å². The molecule has 0 saturated heterocycles. The number of benzene rings is 2. The smallest absolute Gasteiger partial charge is 0.276 e. The van der Waals surface area contributed by atoms with Gasteiger partial charge in [-0.3, -0.25) is 9.48 Å². The van der Waals surface area contributed by atoms with Crippen molar-refractivity contribution in [2.24, 2.45) is 0 Å². The first-order chi connectivity index (χ1) is 15.9. The predicted octanol–water partition coefficient (Wildman–Crippen LogP) is 5.85. The Morgan fingerprint density at radius 2 is 1.85 bits per heavy atom. The van der Waals surface area contributed by atoms with E-state index in [0.717, 1.165) is 11.3 Å². The van der Waals surface area contributed by atoms with Crippen molar-refractivity contribution in [3.63, 3.8) is 0 Å². The summed E-state index contributed by atoms with van der Waals surface area (Å²) in [6.07, 6.45) is 5.02. The van der Waals surface area contributed by atoms with E-state index >= 15 is 0 Å². The molecule has 4 rings (SSSR count). The molecule has 2 aromatic heterocycles. The highest BCUT2D eigenvalue weighted by atomic mass is 35.5. The molecular weight excluding hydrogens is 461 g/mol. The van der Waals surface area contributed by atoms with Gasteiger partial charge in [-0.25, -0.2) is 4.68 Å². The Labute approximate surface area is 201 Å². The van der Waals surface area contributed by atoms with Crippen molar-refractivity contribution in [1.82, 2.24) is 19.6 Å². The Bertz CT molecular complexity index is 1250. The Morgan fingerprint density at radius 1 is 1.06 bits per heavy atom. The van der Waals surface area contributed by atoms with Crippen LogP contribution in [0.2, 0.25) is 10.0 Å². The van der Waals surface area contributed by atoms with E-state index < -0.39 is 0 Å². The molecule has 0 unspecified atom stereocenters. The van der Waals surface area contributed by atoms with Crippen LogP contribution in [0.4, 0.5) is 5.69 Å². The van der Waals surface area contributed by atoms with E-state index in [1.165, 1.54) is 5.56 Å². The molecule has 1 N–H and O–H groups in total. The lowest BCUT2D eigenvalue weighted by Gasteiger charge is -2.09. The average Bonchev–Trinajstić information content (AvgIpc) is 3.45. The van der Waals surface area contributed by atoms with Crippen LogP contribution < -0.4 is 10.1 Å². The molecule has 2 heterocycles. The van der Waals surface area contributed by atoms with Crippen LogP contribution >= 0.6 is 23.2 Å². The van der Waals surface area contributed by atoms with Gasteiger partial charge in [0.1, 0.15) is 5.75 Å². The standard InChI is InChI=1S/C24H23Cl2N5O2/c1-16(2)18-4-6-20(7-5-18)33-15-30-10-9-23(29-30)24(32)28-19-12-27-31(14-19)13-17-3-8-21(25)22(26)11-17/h3-12,14,16H,13,15H2,1-2H3,(H,28,32). The second kappa shape index (κ2) is 10.1. The third-order valence-electron chi connectivity index (χ3n) is 5.00. The number of hydrogen-bond donors (Lipinski definition) is 1. The molecule has 0 aliphatic carbocycles. The second-order valence-electron chi connectivity index (χ2n) is 7.87. The van der Waals surface area contributed by atoms with E-state index in [4.69, 9.17) is 27.9 Å². The fourth-order valence-corrected chi connectivity index (χ4v) is 3.50. The fourth-order valence-electron chi connectivity index (χ4n) is 3.18. The maximum atomic E-state index is 12.6. The van der Waals surface area contributed by atoms with Crippen molar-refractivity contribution >= 4 is 34.8 Å². The molecular formula is C24H23Cl2N5O2. The van der Waals surface area contributed by atoms with Gasteiger partial charge in [0.25, 0.3) is 5.91 Å². The highest BCUT2D eigenvalue weighted by Crippen LogP contribution is 2.23. The zero-order chi connectivity index (χ0) is 23.4. The number of nitrogens with zero attached hydrogens (tertiary/aromatic N) is 4. The third kappa shape index (κ3) is 5.94. The van der Waals surface area contributed by atoms with Crippen LogP contribution in [0.25, 0.3) is 0 Å². The van der Waals surface area contributed by atoms with Crippen molar-refractivity contribution in [2.75, 3.05) is 5.32 Å². The van der Waals surface area contributed by atoms with Gasteiger partial charge in [0.05, 0.1) is 28.5 Å². The lowest BCUT2D eigenvalue weighted by Crippen LogP contribution is -2.14. The Kier molecular flexibility index (Phi) is 7.01. The molecule has 9 heteroatoms. The van der Waals surface area contributed by atoms with Crippen molar-refractivity contribution < 1.29 is 9.53 Å². The van der Waals surface area contributed by atoms with E-state index in [1.54, 1.807) is 46.2 Å². The number of carbonyl (C=O) groups is 1. The molecule has 1 amide bonds. The Balaban J connectivity index is 1.31. The lowest BCUT2D eigenvalue weighted by molar-refractivity contribution is 0.102. The molecule has 2 aromatic carbocycles. The van der Waals surface area contributed by atoms with E-state index in [2.05, 4.69) is 29.4 Å². The number of amides is 1. The number of rotatable bonds is 8. The minimum Gasteiger partial charge on any atom is -0.471 e.